The topological polar surface area (TPSA) is 37.8 Å². The summed E-state index contributed by atoms with van der Waals surface area (Å²) >= 11 is 14.8. The molecule has 0 radical (unpaired) electrons. The molecule has 1 aromatic heterocycles. The fourth-order valence-electron chi connectivity index (χ4n) is 1.15. The van der Waals surface area contributed by atoms with Crippen molar-refractivity contribution >= 4 is 50.6 Å². The van der Waals surface area contributed by atoms with E-state index in [1.54, 1.807) is 0 Å². The van der Waals surface area contributed by atoms with Crippen LogP contribution in [-0.4, -0.2) is 9.97 Å². The highest BCUT2D eigenvalue weighted by atomic mass is 79.9. The van der Waals surface area contributed by atoms with E-state index in [4.69, 9.17) is 23.2 Å². The van der Waals surface area contributed by atoms with E-state index < -0.39 is 5.82 Å². The third-order valence-corrected chi connectivity index (χ3v) is 2.99. The zero-order chi connectivity index (χ0) is 12.4. The molecule has 0 saturated carbocycles. The summed E-state index contributed by atoms with van der Waals surface area (Å²) in [5, 5.41) is 3.34. The van der Waals surface area contributed by atoms with E-state index >= 15 is 0 Å². The highest BCUT2D eigenvalue weighted by Gasteiger charge is 2.07. The molecule has 1 aromatic carbocycles. The van der Waals surface area contributed by atoms with Crippen LogP contribution in [0.15, 0.2) is 28.9 Å². The van der Waals surface area contributed by atoms with Gasteiger partial charge in [-0.15, -0.1) is 0 Å². The van der Waals surface area contributed by atoms with Crippen molar-refractivity contribution in [2.75, 3.05) is 5.32 Å². The third-order valence-electron chi connectivity index (χ3n) is 1.90. The molecule has 1 N–H and O–H groups in total. The predicted octanol–water partition coefficient (Wildman–Crippen LogP) is 4.43. The van der Waals surface area contributed by atoms with E-state index in [0.29, 0.717) is 21.0 Å². The highest BCUT2D eigenvalue weighted by molar-refractivity contribution is 9.10. The SMILES string of the molecule is Fc1ccc(Cl)c(Nc2nc(Cl)ncc2Br)c1. The molecule has 0 unspecified atom stereocenters. The fraction of sp³-hybridized carbons (Fsp3) is 0. The zero-order valence-corrected chi connectivity index (χ0v) is 11.3. The molecule has 88 valence electrons. The average Bonchev–Trinajstić information content (AvgIpc) is 2.28. The van der Waals surface area contributed by atoms with Crippen molar-refractivity contribution < 1.29 is 4.39 Å². The van der Waals surface area contributed by atoms with Crippen LogP contribution in [-0.2, 0) is 0 Å². The van der Waals surface area contributed by atoms with Gasteiger partial charge < -0.3 is 5.32 Å². The smallest absolute Gasteiger partial charge is 0.224 e. The van der Waals surface area contributed by atoms with Gasteiger partial charge in [0.25, 0.3) is 0 Å². The number of hydrogen-bond acceptors (Lipinski definition) is 3. The second kappa shape index (κ2) is 5.16. The van der Waals surface area contributed by atoms with E-state index in [-0.39, 0.29) is 5.28 Å². The summed E-state index contributed by atoms with van der Waals surface area (Å²) in [6, 6.07) is 4.00. The number of benzene rings is 1. The Morgan fingerprint density at radius 3 is 2.82 bits per heavy atom. The van der Waals surface area contributed by atoms with Gasteiger partial charge in [0.15, 0.2) is 0 Å². The Labute approximate surface area is 115 Å². The van der Waals surface area contributed by atoms with Crippen LogP contribution in [0, 0.1) is 5.82 Å². The molecule has 2 rings (SSSR count). The normalized spacial score (nSPS) is 10.4. The summed E-state index contributed by atoms with van der Waals surface area (Å²) in [6.07, 6.45) is 1.49. The number of anilines is 2. The van der Waals surface area contributed by atoms with Gasteiger partial charge in [0.2, 0.25) is 5.28 Å². The molecule has 0 saturated heterocycles. The molecule has 0 spiro atoms. The molecule has 0 aliphatic rings. The van der Waals surface area contributed by atoms with Crippen molar-refractivity contribution in [1.29, 1.82) is 0 Å². The first-order valence-corrected chi connectivity index (χ1v) is 6.01. The van der Waals surface area contributed by atoms with Crippen LogP contribution in [0.5, 0.6) is 0 Å². The van der Waals surface area contributed by atoms with Crippen LogP contribution in [0.1, 0.15) is 0 Å². The van der Waals surface area contributed by atoms with Gasteiger partial charge in [0.1, 0.15) is 11.6 Å². The summed E-state index contributed by atoms with van der Waals surface area (Å²) in [6.45, 7) is 0. The van der Waals surface area contributed by atoms with Gasteiger partial charge in [-0.2, -0.15) is 4.98 Å². The molecule has 0 bridgehead atoms. The van der Waals surface area contributed by atoms with Gasteiger partial charge in [0.05, 0.1) is 15.2 Å². The van der Waals surface area contributed by atoms with E-state index in [1.165, 1.54) is 24.4 Å². The Bertz CT molecular complexity index is 516. The van der Waals surface area contributed by atoms with Crippen LogP contribution < -0.4 is 5.32 Å². The first-order chi connectivity index (χ1) is 8.06. The van der Waals surface area contributed by atoms with E-state index in [9.17, 15) is 4.39 Å². The molecular formula is C10H5BrCl2FN3. The predicted molar refractivity (Wildman–Crippen MR) is 69.4 cm³/mol. The summed E-state index contributed by atoms with van der Waals surface area (Å²) in [7, 11) is 0. The monoisotopic (exact) mass is 335 g/mol. The van der Waals surface area contributed by atoms with Crippen LogP contribution >= 0.6 is 39.1 Å². The molecule has 0 aliphatic carbocycles. The first-order valence-electron chi connectivity index (χ1n) is 4.46. The second-order valence-corrected chi connectivity index (χ2v) is 4.68. The lowest BCUT2D eigenvalue weighted by atomic mass is 10.3. The van der Waals surface area contributed by atoms with E-state index in [2.05, 4.69) is 31.2 Å². The lowest BCUT2D eigenvalue weighted by molar-refractivity contribution is 0.628. The van der Waals surface area contributed by atoms with Gasteiger partial charge in [-0.25, -0.2) is 9.37 Å². The molecule has 0 atom stereocenters. The van der Waals surface area contributed by atoms with Crippen LogP contribution in [0.4, 0.5) is 15.9 Å². The Morgan fingerprint density at radius 1 is 1.29 bits per heavy atom. The maximum atomic E-state index is 13.1. The van der Waals surface area contributed by atoms with Crippen molar-refractivity contribution in [2.24, 2.45) is 0 Å². The molecule has 1 heterocycles. The second-order valence-electron chi connectivity index (χ2n) is 3.08. The number of hydrogen-bond donors (Lipinski definition) is 1. The number of aromatic nitrogens is 2. The minimum atomic E-state index is -0.395. The summed E-state index contributed by atoms with van der Waals surface area (Å²) in [5.41, 5.74) is 0.405. The number of halogens is 4. The summed E-state index contributed by atoms with van der Waals surface area (Å²) < 4.78 is 13.7. The lowest BCUT2D eigenvalue weighted by Gasteiger charge is -2.09. The quantitative estimate of drug-likeness (QED) is 0.824. The van der Waals surface area contributed by atoms with E-state index in [0.717, 1.165) is 0 Å². The summed E-state index contributed by atoms with van der Waals surface area (Å²) in [4.78, 5) is 7.74. The molecule has 0 aliphatic heterocycles. The Balaban J connectivity index is 2.37. The summed E-state index contributed by atoms with van der Waals surface area (Å²) in [5.74, 6) is 0.0191. The number of nitrogens with one attached hydrogen (secondary N) is 1. The van der Waals surface area contributed by atoms with Gasteiger partial charge in [0, 0.05) is 6.20 Å². The Kier molecular flexibility index (Phi) is 3.81. The highest BCUT2D eigenvalue weighted by Crippen LogP contribution is 2.29. The van der Waals surface area contributed by atoms with Crippen LogP contribution in [0.3, 0.4) is 0 Å². The Hall–Kier alpha value is -0.910. The van der Waals surface area contributed by atoms with Crippen LogP contribution in [0.2, 0.25) is 10.3 Å². The molecule has 0 fully saturated rings. The Morgan fingerprint density at radius 2 is 2.06 bits per heavy atom. The molecule has 17 heavy (non-hydrogen) atoms. The minimum Gasteiger partial charge on any atom is -0.338 e. The van der Waals surface area contributed by atoms with E-state index in [1.807, 2.05) is 0 Å². The molecule has 7 heteroatoms. The number of nitrogens with zero attached hydrogens (tertiary/aromatic N) is 2. The van der Waals surface area contributed by atoms with Gasteiger partial charge in [-0.3, -0.25) is 0 Å². The van der Waals surface area contributed by atoms with Crippen molar-refractivity contribution in [3.05, 3.63) is 45.0 Å². The van der Waals surface area contributed by atoms with Crippen molar-refractivity contribution in [1.82, 2.24) is 9.97 Å². The largest absolute Gasteiger partial charge is 0.338 e. The van der Waals surface area contributed by atoms with Gasteiger partial charge in [-0.05, 0) is 45.7 Å². The maximum absolute atomic E-state index is 13.1. The van der Waals surface area contributed by atoms with Gasteiger partial charge in [-0.1, -0.05) is 11.6 Å². The molecular weight excluding hydrogens is 332 g/mol. The van der Waals surface area contributed by atoms with Crippen LogP contribution in [0.25, 0.3) is 0 Å². The maximum Gasteiger partial charge on any atom is 0.224 e. The zero-order valence-electron chi connectivity index (χ0n) is 8.22. The minimum absolute atomic E-state index is 0.0863. The van der Waals surface area contributed by atoms with Crippen molar-refractivity contribution in [3.8, 4) is 0 Å². The molecule has 0 amide bonds. The number of rotatable bonds is 2. The lowest BCUT2D eigenvalue weighted by Crippen LogP contribution is -1.97. The fourth-order valence-corrected chi connectivity index (χ4v) is 1.74. The molecule has 3 nitrogen and oxygen atoms in total. The van der Waals surface area contributed by atoms with Gasteiger partial charge >= 0.3 is 0 Å². The first kappa shape index (κ1) is 12.5. The third kappa shape index (κ3) is 3.06. The van der Waals surface area contributed by atoms with Crippen molar-refractivity contribution in [2.45, 2.75) is 0 Å². The van der Waals surface area contributed by atoms with Crippen molar-refractivity contribution in [3.63, 3.8) is 0 Å². The standard InChI is InChI=1S/C10H5BrCl2FN3/c11-6-4-15-10(13)17-9(6)16-8-3-5(14)1-2-7(8)12/h1-4H,(H,15,16,17). The molecule has 2 aromatic rings. The average molecular weight is 337 g/mol.